The first-order valence-electron chi connectivity index (χ1n) is 11.2. The average molecular weight is 453 g/mol. The molecule has 2 amide bonds. The lowest BCUT2D eigenvalue weighted by Gasteiger charge is -2.17. The smallest absolute Gasteiger partial charge is 0.305 e. The van der Waals surface area contributed by atoms with Gasteiger partial charge in [0.15, 0.2) is 0 Å². The van der Waals surface area contributed by atoms with E-state index in [0.29, 0.717) is 24.9 Å². The molecule has 4 N–H and O–H groups in total. The Morgan fingerprint density at radius 3 is 2.31 bits per heavy atom. The number of aromatic hydroxyl groups is 1. The minimum atomic E-state index is -0.314. The highest BCUT2D eigenvalue weighted by Gasteiger charge is 2.14. The molecule has 0 radical (unpaired) electrons. The molecule has 0 spiro atoms. The van der Waals surface area contributed by atoms with Crippen LogP contribution >= 0.6 is 0 Å². The van der Waals surface area contributed by atoms with Gasteiger partial charge < -0.3 is 25.6 Å². The van der Waals surface area contributed by atoms with Gasteiger partial charge in [0.1, 0.15) is 5.75 Å². The molecule has 182 valence electrons. The fourth-order valence-electron chi connectivity index (χ4n) is 2.73. The standard InChI is InChI=1S/C20H30N2O6.C4H10/c1-28-20(27)9-8-15(5-2-3-10-23)13-21-19(26)14-22-18(25)12-16-6-4-7-17(24)11-16;1-4(2)3/h4,6-7,11,15,23-24H,2-3,5,8-10,12-14H2,1H3,(H,21,26)(H,22,25);4H,1-3H3. The van der Waals surface area contributed by atoms with Crippen molar-refractivity contribution in [2.45, 2.75) is 59.3 Å². The number of nitrogens with one attached hydrogen (secondary N) is 2. The number of hydrogen-bond acceptors (Lipinski definition) is 6. The first-order valence-corrected chi connectivity index (χ1v) is 11.2. The predicted octanol–water partition coefficient (Wildman–Crippen LogP) is 2.56. The molecule has 0 fully saturated rings. The van der Waals surface area contributed by atoms with E-state index in [-0.39, 0.29) is 55.4 Å². The number of phenolic OH excluding ortho intramolecular Hbond substituents is 1. The summed E-state index contributed by atoms with van der Waals surface area (Å²) in [5.74, 6) is 0.0953. The van der Waals surface area contributed by atoms with Crippen LogP contribution in [0.2, 0.25) is 0 Å². The van der Waals surface area contributed by atoms with Gasteiger partial charge >= 0.3 is 5.97 Å². The number of methoxy groups -OCH3 is 1. The van der Waals surface area contributed by atoms with Crippen molar-refractivity contribution in [2.24, 2.45) is 11.8 Å². The van der Waals surface area contributed by atoms with Crippen LogP contribution in [0, 0.1) is 11.8 Å². The van der Waals surface area contributed by atoms with Crippen molar-refractivity contribution in [3.8, 4) is 5.75 Å². The highest BCUT2D eigenvalue weighted by Crippen LogP contribution is 2.15. The number of phenols is 1. The molecule has 0 aromatic heterocycles. The van der Waals surface area contributed by atoms with Gasteiger partial charge in [-0.25, -0.2) is 0 Å². The van der Waals surface area contributed by atoms with Crippen LogP contribution in [-0.4, -0.2) is 54.8 Å². The Kier molecular flexibility index (Phi) is 16.5. The van der Waals surface area contributed by atoms with Crippen molar-refractivity contribution in [3.05, 3.63) is 29.8 Å². The molecule has 0 saturated heterocycles. The monoisotopic (exact) mass is 452 g/mol. The van der Waals surface area contributed by atoms with Crippen molar-refractivity contribution in [1.29, 1.82) is 0 Å². The summed E-state index contributed by atoms with van der Waals surface area (Å²) in [6.07, 6.45) is 3.19. The van der Waals surface area contributed by atoms with Crippen LogP contribution in [0.15, 0.2) is 24.3 Å². The van der Waals surface area contributed by atoms with Gasteiger partial charge in [-0.1, -0.05) is 39.3 Å². The molecule has 1 unspecified atom stereocenters. The molecule has 1 aromatic carbocycles. The number of amides is 2. The number of esters is 1. The summed E-state index contributed by atoms with van der Waals surface area (Å²) in [5, 5.41) is 23.6. The largest absolute Gasteiger partial charge is 0.508 e. The maximum Gasteiger partial charge on any atom is 0.305 e. The van der Waals surface area contributed by atoms with E-state index in [1.54, 1.807) is 12.1 Å². The van der Waals surface area contributed by atoms with E-state index in [1.807, 2.05) is 0 Å². The number of ether oxygens (including phenoxy) is 1. The zero-order chi connectivity index (χ0) is 24.4. The Bertz CT molecular complexity index is 675. The first-order chi connectivity index (χ1) is 15.2. The summed E-state index contributed by atoms with van der Waals surface area (Å²) < 4.78 is 4.64. The molecule has 32 heavy (non-hydrogen) atoms. The Morgan fingerprint density at radius 1 is 1.03 bits per heavy atom. The Morgan fingerprint density at radius 2 is 1.72 bits per heavy atom. The van der Waals surface area contributed by atoms with E-state index in [0.717, 1.165) is 18.8 Å². The summed E-state index contributed by atoms with van der Waals surface area (Å²) in [5.41, 5.74) is 0.657. The molecule has 1 rings (SSSR count). The van der Waals surface area contributed by atoms with Crippen molar-refractivity contribution in [1.82, 2.24) is 10.6 Å². The lowest BCUT2D eigenvalue weighted by Crippen LogP contribution is -2.39. The number of hydrogen-bond donors (Lipinski definition) is 4. The van der Waals surface area contributed by atoms with Crippen molar-refractivity contribution < 1.29 is 29.3 Å². The topological polar surface area (TPSA) is 125 Å². The van der Waals surface area contributed by atoms with Gasteiger partial charge in [-0.05, 0) is 48.8 Å². The molecule has 1 atom stereocenters. The Hall–Kier alpha value is -2.61. The number of unbranched alkanes of at least 4 members (excludes halogenated alkanes) is 1. The molecule has 0 bridgehead atoms. The molecule has 8 heteroatoms. The van der Waals surface area contributed by atoms with E-state index in [9.17, 15) is 19.5 Å². The quantitative estimate of drug-likeness (QED) is 0.269. The molecular formula is C24H40N2O6. The van der Waals surface area contributed by atoms with Crippen molar-refractivity contribution in [3.63, 3.8) is 0 Å². The number of rotatable bonds is 13. The second kappa shape index (κ2) is 18.0. The number of benzene rings is 1. The van der Waals surface area contributed by atoms with Crippen LogP contribution in [-0.2, 0) is 25.5 Å². The van der Waals surface area contributed by atoms with Gasteiger partial charge in [0.05, 0.1) is 20.1 Å². The van der Waals surface area contributed by atoms with Crippen LogP contribution in [0.5, 0.6) is 5.75 Å². The van der Waals surface area contributed by atoms with Gasteiger partial charge in [0.25, 0.3) is 0 Å². The van der Waals surface area contributed by atoms with E-state index < -0.39 is 0 Å². The highest BCUT2D eigenvalue weighted by molar-refractivity contribution is 5.85. The van der Waals surface area contributed by atoms with Gasteiger partial charge in [-0.3, -0.25) is 14.4 Å². The molecule has 0 heterocycles. The maximum atomic E-state index is 12.0. The molecule has 0 saturated carbocycles. The van der Waals surface area contributed by atoms with E-state index in [1.165, 1.54) is 19.2 Å². The summed E-state index contributed by atoms with van der Waals surface area (Å²) in [6.45, 7) is 6.86. The van der Waals surface area contributed by atoms with Crippen LogP contribution in [0.25, 0.3) is 0 Å². The predicted molar refractivity (Wildman–Crippen MR) is 124 cm³/mol. The molecule has 8 nitrogen and oxygen atoms in total. The van der Waals surface area contributed by atoms with E-state index in [4.69, 9.17) is 5.11 Å². The second-order valence-corrected chi connectivity index (χ2v) is 8.36. The van der Waals surface area contributed by atoms with Crippen molar-refractivity contribution >= 4 is 17.8 Å². The highest BCUT2D eigenvalue weighted by atomic mass is 16.5. The van der Waals surface area contributed by atoms with Crippen LogP contribution < -0.4 is 10.6 Å². The van der Waals surface area contributed by atoms with Gasteiger partial charge in [-0.2, -0.15) is 0 Å². The Labute approximate surface area is 191 Å². The SMILES string of the molecule is CC(C)C.COC(=O)CCC(CCCCO)CNC(=O)CNC(=O)Cc1cccc(O)c1. The number of carbonyl (C=O) groups is 3. The lowest BCUT2D eigenvalue weighted by molar-refractivity contribution is -0.141. The molecule has 0 aliphatic heterocycles. The summed E-state index contributed by atoms with van der Waals surface area (Å²) >= 11 is 0. The number of carbonyl (C=O) groups excluding carboxylic acids is 3. The Balaban J connectivity index is 0.00000220. The molecule has 1 aromatic rings. The van der Waals surface area contributed by atoms with E-state index in [2.05, 4.69) is 36.1 Å². The molecular weight excluding hydrogens is 412 g/mol. The van der Waals surface area contributed by atoms with E-state index >= 15 is 0 Å². The minimum Gasteiger partial charge on any atom is -0.508 e. The number of aliphatic hydroxyl groups excluding tert-OH is 1. The summed E-state index contributed by atoms with van der Waals surface area (Å²) in [4.78, 5) is 35.2. The third kappa shape index (κ3) is 17.1. The molecule has 0 aliphatic rings. The summed E-state index contributed by atoms with van der Waals surface area (Å²) in [7, 11) is 1.34. The first kappa shape index (κ1) is 29.4. The zero-order valence-corrected chi connectivity index (χ0v) is 19.9. The third-order valence-electron chi connectivity index (χ3n) is 4.31. The van der Waals surface area contributed by atoms with Gasteiger partial charge in [-0.15, -0.1) is 0 Å². The van der Waals surface area contributed by atoms with Crippen LogP contribution in [0.1, 0.15) is 58.4 Å². The molecule has 0 aliphatic carbocycles. The van der Waals surface area contributed by atoms with Gasteiger partial charge in [0.2, 0.25) is 11.8 Å². The average Bonchev–Trinajstić information content (AvgIpc) is 2.73. The summed E-state index contributed by atoms with van der Waals surface area (Å²) in [6, 6.07) is 6.39. The fourth-order valence-corrected chi connectivity index (χ4v) is 2.73. The maximum absolute atomic E-state index is 12.0. The van der Waals surface area contributed by atoms with Crippen LogP contribution in [0.3, 0.4) is 0 Å². The lowest BCUT2D eigenvalue weighted by atomic mass is 9.96. The second-order valence-electron chi connectivity index (χ2n) is 8.36. The van der Waals surface area contributed by atoms with Gasteiger partial charge in [0, 0.05) is 19.6 Å². The number of aliphatic hydroxyl groups is 1. The third-order valence-corrected chi connectivity index (χ3v) is 4.31. The minimum absolute atomic E-state index is 0.0740. The van der Waals surface area contributed by atoms with Crippen LogP contribution in [0.4, 0.5) is 0 Å². The van der Waals surface area contributed by atoms with Crippen molar-refractivity contribution in [2.75, 3.05) is 26.8 Å². The fraction of sp³-hybridized carbons (Fsp3) is 0.625. The normalized spacial score (nSPS) is 11.2. The zero-order valence-electron chi connectivity index (χ0n) is 19.9.